The third-order valence-electron chi connectivity index (χ3n) is 6.21. The molecule has 29 heavy (non-hydrogen) atoms. The van der Waals surface area contributed by atoms with Gasteiger partial charge in [-0.25, -0.2) is 10.4 Å². The lowest BCUT2D eigenvalue weighted by Crippen LogP contribution is -2.36. The van der Waals surface area contributed by atoms with E-state index in [1.165, 1.54) is 0 Å². The molecular formula is C22H27N5O2. The van der Waals surface area contributed by atoms with Gasteiger partial charge in [-0.1, -0.05) is 6.07 Å². The van der Waals surface area contributed by atoms with E-state index in [1.54, 1.807) is 0 Å². The van der Waals surface area contributed by atoms with Gasteiger partial charge in [0, 0.05) is 36.6 Å². The van der Waals surface area contributed by atoms with Crippen molar-refractivity contribution in [2.45, 2.75) is 38.8 Å². The first kappa shape index (κ1) is 18.4. The second kappa shape index (κ2) is 7.00. The van der Waals surface area contributed by atoms with E-state index in [-0.39, 0.29) is 23.5 Å². The minimum atomic E-state index is -0.203. The van der Waals surface area contributed by atoms with Crippen LogP contribution in [-0.2, 0) is 4.79 Å². The molecule has 2 atom stereocenters. The topological polar surface area (TPSA) is 78.5 Å². The number of benzene rings is 1. The summed E-state index contributed by atoms with van der Waals surface area (Å²) in [7, 11) is 0. The Morgan fingerprint density at radius 1 is 1.24 bits per heavy atom. The first-order valence-corrected chi connectivity index (χ1v) is 10.4. The molecule has 1 aromatic heterocycles. The smallest absolute Gasteiger partial charge is 0.234 e. The Labute approximate surface area is 170 Å². The van der Waals surface area contributed by atoms with Crippen molar-refractivity contribution < 1.29 is 9.53 Å². The summed E-state index contributed by atoms with van der Waals surface area (Å²) in [5.74, 6) is 0.886. The first-order valence-electron chi connectivity index (χ1n) is 10.4. The zero-order valence-corrected chi connectivity index (χ0v) is 16.9. The summed E-state index contributed by atoms with van der Waals surface area (Å²) < 4.78 is 5.65. The van der Waals surface area contributed by atoms with E-state index >= 15 is 0 Å². The van der Waals surface area contributed by atoms with Crippen molar-refractivity contribution in [2.75, 3.05) is 30.0 Å². The highest BCUT2D eigenvalue weighted by molar-refractivity contribution is 6.00. The second-order valence-electron chi connectivity index (χ2n) is 8.48. The molecule has 3 aliphatic rings. The number of rotatable bonds is 4. The normalized spacial score (nSPS) is 25.7. The van der Waals surface area contributed by atoms with Crippen LogP contribution in [-0.4, -0.2) is 36.6 Å². The summed E-state index contributed by atoms with van der Waals surface area (Å²) >= 11 is 0. The lowest BCUT2D eigenvalue weighted by Gasteiger charge is -2.22. The molecule has 1 aromatic carbocycles. The minimum absolute atomic E-state index is 0.0228. The van der Waals surface area contributed by atoms with Gasteiger partial charge in [-0.15, -0.1) is 0 Å². The molecule has 1 amide bonds. The summed E-state index contributed by atoms with van der Waals surface area (Å²) in [6.07, 6.45) is 3.81. The lowest BCUT2D eigenvalue weighted by atomic mass is 9.86. The molecular weight excluding hydrogens is 366 g/mol. The SMILES string of the molecule is CC(C)Oc1ccc(C2NNc3ccc(N4CCC5(CCNC5)C4=O)cc32)cn1. The minimum Gasteiger partial charge on any atom is -0.475 e. The number of aromatic nitrogens is 1. The number of ether oxygens (including phenoxy) is 1. The number of fused-ring (bicyclic) bond motifs is 1. The highest BCUT2D eigenvalue weighted by Crippen LogP contribution is 2.42. The Balaban J connectivity index is 1.40. The van der Waals surface area contributed by atoms with Crippen LogP contribution in [0, 0.1) is 5.41 Å². The summed E-state index contributed by atoms with van der Waals surface area (Å²) in [6.45, 7) is 6.49. The van der Waals surface area contributed by atoms with Crippen LogP contribution in [0.1, 0.15) is 43.9 Å². The molecule has 3 N–H and O–H groups in total. The van der Waals surface area contributed by atoms with E-state index in [4.69, 9.17) is 4.74 Å². The second-order valence-corrected chi connectivity index (χ2v) is 8.48. The third-order valence-corrected chi connectivity index (χ3v) is 6.21. The Hall–Kier alpha value is -2.64. The van der Waals surface area contributed by atoms with E-state index in [1.807, 2.05) is 49.2 Å². The molecule has 152 valence electrons. The predicted molar refractivity (Wildman–Crippen MR) is 112 cm³/mol. The molecule has 0 radical (unpaired) electrons. The molecule has 7 nitrogen and oxygen atoms in total. The van der Waals surface area contributed by atoms with Gasteiger partial charge in [0.25, 0.3) is 0 Å². The summed E-state index contributed by atoms with van der Waals surface area (Å²) in [4.78, 5) is 19.5. The van der Waals surface area contributed by atoms with E-state index in [9.17, 15) is 4.79 Å². The Kier molecular flexibility index (Phi) is 4.44. The maximum absolute atomic E-state index is 13.1. The average molecular weight is 393 g/mol. The van der Waals surface area contributed by atoms with Crippen LogP contribution in [0.3, 0.4) is 0 Å². The zero-order valence-electron chi connectivity index (χ0n) is 16.9. The molecule has 0 saturated carbocycles. The average Bonchev–Trinajstić information content (AvgIpc) is 3.43. The van der Waals surface area contributed by atoms with Crippen molar-refractivity contribution in [1.82, 2.24) is 15.7 Å². The van der Waals surface area contributed by atoms with Gasteiger partial charge in [0.2, 0.25) is 11.8 Å². The van der Waals surface area contributed by atoms with Gasteiger partial charge in [-0.2, -0.15) is 0 Å². The van der Waals surface area contributed by atoms with Crippen molar-refractivity contribution in [3.63, 3.8) is 0 Å². The number of hydrogen-bond acceptors (Lipinski definition) is 6. The summed E-state index contributed by atoms with van der Waals surface area (Å²) in [6, 6.07) is 10.1. The monoisotopic (exact) mass is 393 g/mol. The molecule has 5 rings (SSSR count). The van der Waals surface area contributed by atoms with E-state index in [0.717, 1.165) is 55.0 Å². The number of nitrogens with zero attached hydrogens (tertiary/aromatic N) is 2. The van der Waals surface area contributed by atoms with Gasteiger partial charge in [0.05, 0.1) is 23.2 Å². The van der Waals surface area contributed by atoms with Crippen LogP contribution >= 0.6 is 0 Å². The highest BCUT2D eigenvalue weighted by Gasteiger charge is 2.48. The number of amides is 1. The molecule has 2 fully saturated rings. The van der Waals surface area contributed by atoms with Crippen LogP contribution in [0.2, 0.25) is 0 Å². The molecule has 2 unspecified atom stereocenters. The van der Waals surface area contributed by atoms with Crippen LogP contribution in [0.4, 0.5) is 11.4 Å². The standard InChI is InChI=1S/C22H27N5O2/c1-14(2)29-19-6-3-15(12-24-19)20-17-11-16(4-5-18(17)25-26-20)27-10-8-22(21(27)28)7-9-23-13-22/h3-6,11-12,14,20,23,25-26H,7-10,13H2,1-2H3. The Bertz CT molecular complexity index is 921. The maximum atomic E-state index is 13.1. The molecule has 3 aliphatic heterocycles. The van der Waals surface area contributed by atoms with Gasteiger partial charge in [-0.3, -0.25) is 4.79 Å². The van der Waals surface area contributed by atoms with Crippen LogP contribution < -0.4 is 25.8 Å². The van der Waals surface area contributed by atoms with E-state index in [0.29, 0.717) is 5.88 Å². The number of carbonyl (C=O) groups is 1. The summed E-state index contributed by atoms with van der Waals surface area (Å²) in [5, 5.41) is 3.36. The maximum Gasteiger partial charge on any atom is 0.234 e. The number of hydrogen-bond donors (Lipinski definition) is 3. The van der Waals surface area contributed by atoms with Gasteiger partial charge in [0.1, 0.15) is 0 Å². The van der Waals surface area contributed by atoms with E-state index in [2.05, 4.69) is 27.2 Å². The largest absolute Gasteiger partial charge is 0.475 e. The van der Waals surface area contributed by atoms with Gasteiger partial charge >= 0.3 is 0 Å². The summed E-state index contributed by atoms with van der Waals surface area (Å²) in [5.41, 5.74) is 10.6. The van der Waals surface area contributed by atoms with Gasteiger partial charge in [-0.05, 0) is 57.0 Å². The zero-order chi connectivity index (χ0) is 20.0. The molecule has 2 saturated heterocycles. The van der Waals surface area contributed by atoms with Gasteiger partial charge < -0.3 is 20.4 Å². The Morgan fingerprint density at radius 3 is 2.86 bits per heavy atom. The quantitative estimate of drug-likeness (QED) is 0.741. The molecule has 7 heteroatoms. The number of carbonyl (C=O) groups excluding carboxylic acids is 1. The fourth-order valence-corrected chi connectivity index (χ4v) is 4.64. The first-order chi connectivity index (χ1) is 14.1. The van der Waals surface area contributed by atoms with Crippen molar-refractivity contribution >= 4 is 17.3 Å². The number of nitrogens with one attached hydrogen (secondary N) is 3. The van der Waals surface area contributed by atoms with Gasteiger partial charge in [0.15, 0.2) is 0 Å². The molecule has 1 spiro atoms. The molecule has 0 aliphatic carbocycles. The lowest BCUT2D eigenvalue weighted by molar-refractivity contribution is -0.124. The fraction of sp³-hybridized carbons (Fsp3) is 0.455. The molecule has 0 bridgehead atoms. The van der Waals surface area contributed by atoms with Crippen molar-refractivity contribution in [2.24, 2.45) is 5.41 Å². The predicted octanol–water partition coefficient (Wildman–Crippen LogP) is 2.60. The molecule has 2 aromatic rings. The highest BCUT2D eigenvalue weighted by atomic mass is 16.5. The van der Waals surface area contributed by atoms with E-state index < -0.39 is 0 Å². The molecule has 4 heterocycles. The van der Waals surface area contributed by atoms with Crippen LogP contribution in [0.15, 0.2) is 36.5 Å². The number of pyridine rings is 1. The fourth-order valence-electron chi connectivity index (χ4n) is 4.64. The van der Waals surface area contributed by atoms with Crippen molar-refractivity contribution in [3.8, 4) is 5.88 Å². The van der Waals surface area contributed by atoms with Crippen LogP contribution in [0.25, 0.3) is 0 Å². The van der Waals surface area contributed by atoms with Crippen LogP contribution in [0.5, 0.6) is 5.88 Å². The number of anilines is 2. The third kappa shape index (κ3) is 3.14. The van der Waals surface area contributed by atoms with Crippen molar-refractivity contribution in [1.29, 1.82) is 0 Å². The number of hydrazine groups is 1. The Morgan fingerprint density at radius 2 is 2.14 bits per heavy atom. The van der Waals surface area contributed by atoms with Crippen molar-refractivity contribution in [3.05, 3.63) is 47.7 Å².